The van der Waals surface area contributed by atoms with Crippen molar-refractivity contribution in [1.82, 2.24) is 5.32 Å². The average Bonchev–Trinajstić information content (AvgIpc) is 2.46. The molecule has 2 aliphatic rings. The molecule has 1 fully saturated rings. The Labute approximate surface area is 150 Å². The molecule has 142 valence electrons. The first-order chi connectivity index (χ1) is 12.0. The van der Waals surface area contributed by atoms with E-state index in [1.54, 1.807) is 0 Å². The number of nitrogens with zero attached hydrogens (tertiary/aromatic N) is 1. The minimum atomic E-state index is -3.85. The standard InChI is InChI=1S/C16H20FN3O5S/c1-15(11-5-9(18)3-4-12(11)17)8-26(23,24)16(6-10(7-16)25-2)13(20-15)19-14(21)22/h3-5,10H,6-8,18H2,1-2H3,(H,19,20)(H,21,22)/t10?,15-,16?/m0/s1. The lowest BCUT2D eigenvalue weighted by atomic mass is 9.79. The molecule has 26 heavy (non-hydrogen) atoms. The van der Waals surface area contributed by atoms with Gasteiger partial charge in [0.15, 0.2) is 9.84 Å². The first-order valence-electron chi connectivity index (χ1n) is 7.94. The van der Waals surface area contributed by atoms with Crippen LogP contribution in [-0.2, 0) is 20.1 Å². The maximum atomic E-state index is 14.4. The van der Waals surface area contributed by atoms with E-state index < -0.39 is 37.8 Å². The van der Waals surface area contributed by atoms with Crippen molar-refractivity contribution < 1.29 is 27.4 Å². The van der Waals surface area contributed by atoms with E-state index in [0.29, 0.717) is 0 Å². The summed E-state index contributed by atoms with van der Waals surface area (Å²) in [6, 6.07) is 3.82. The molecule has 0 saturated heterocycles. The summed E-state index contributed by atoms with van der Waals surface area (Å²) < 4.78 is 44.3. The normalized spacial score (nSPS) is 32.6. The molecule has 0 unspecified atom stereocenters. The predicted octanol–water partition coefficient (Wildman–Crippen LogP) is 1.27. The van der Waals surface area contributed by atoms with Gasteiger partial charge in [0.25, 0.3) is 0 Å². The van der Waals surface area contributed by atoms with Crippen LogP contribution in [0.1, 0.15) is 25.3 Å². The van der Waals surface area contributed by atoms with Gasteiger partial charge in [-0.25, -0.2) is 17.6 Å². The number of aliphatic imine (C=N–C) groups is 1. The molecule has 0 bridgehead atoms. The molecule has 1 amide bonds. The molecule has 1 heterocycles. The number of halogens is 1. The fourth-order valence-corrected chi connectivity index (χ4v) is 6.17. The van der Waals surface area contributed by atoms with Gasteiger partial charge in [-0.1, -0.05) is 0 Å². The van der Waals surface area contributed by atoms with Crippen molar-refractivity contribution in [2.24, 2.45) is 4.99 Å². The number of hydrogen-bond donors (Lipinski definition) is 3. The fourth-order valence-electron chi connectivity index (χ4n) is 3.66. The van der Waals surface area contributed by atoms with E-state index in [-0.39, 0.29) is 36.0 Å². The number of ether oxygens (including phenoxy) is 1. The summed E-state index contributed by atoms with van der Waals surface area (Å²) in [5.41, 5.74) is 4.47. The third kappa shape index (κ3) is 2.73. The van der Waals surface area contributed by atoms with E-state index in [0.717, 1.165) is 6.07 Å². The predicted molar refractivity (Wildman–Crippen MR) is 93.3 cm³/mol. The van der Waals surface area contributed by atoms with Gasteiger partial charge in [0.05, 0.1) is 11.9 Å². The van der Waals surface area contributed by atoms with Crippen molar-refractivity contribution in [2.45, 2.75) is 36.2 Å². The topological polar surface area (TPSA) is 131 Å². The Bertz CT molecular complexity index is 895. The van der Waals surface area contributed by atoms with Gasteiger partial charge < -0.3 is 15.6 Å². The van der Waals surface area contributed by atoms with Crippen LogP contribution in [-0.4, -0.2) is 49.2 Å². The van der Waals surface area contributed by atoms with Crippen LogP contribution in [0.3, 0.4) is 0 Å². The van der Waals surface area contributed by atoms with Crippen molar-refractivity contribution in [3.63, 3.8) is 0 Å². The number of benzene rings is 1. The summed E-state index contributed by atoms with van der Waals surface area (Å²) in [6.07, 6.45) is -1.54. The molecule has 0 aromatic heterocycles. The molecule has 1 aliphatic carbocycles. The van der Waals surface area contributed by atoms with Crippen LogP contribution < -0.4 is 11.1 Å². The van der Waals surface area contributed by atoms with E-state index in [1.807, 2.05) is 0 Å². The van der Waals surface area contributed by atoms with Gasteiger partial charge in [0.1, 0.15) is 21.9 Å². The lowest BCUT2D eigenvalue weighted by Gasteiger charge is -2.50. The highest BCUT2D eigenvalue weighted by molar-refractivity contribution is 7.93. The van der Waals surface area contributed by atoms with Crippen molar-refractivity contribution in [2.75, 3.05) is 18.6 Å². The molecule has 1 spiro atoms. The fraction of sp³-hybridized carbons (Fsp3) is 0.500. The maximum absolute atomic E-state index is 14.4. The number of hydrogen-bond acceptors (Lipinski definition) is 6. The smallest absolute Gasteiger partial charge is 0.410 e. The summed E-state index contributed by atoms with van der Waals surface area (Å²) in [5.74, 6) is -1.31. The van der Waals surface area contributed by atoms with Gasteiger partial charge in [-0.05, 0) is 25.1 Å². The van der Waals surface area contributed by atoms with Crippen LogP contribution in [0.2, 0.25) is 0 Å². The lowest BCUT2D eigenvalue weighted by Crippen LogP contribution is -2.67. The quantitative estimate of drug-likeness (QED) is 0.657. The Balaban J connectivity index is 2.17. The largest absolute Gasteiger partial charge is 0.465 e. The molecule has 10 heteroatoms. The van der Waals surface area contributed by atoms with Crippen molar-refractivity contribution >= 4 is 27.5 Å². The van der Waals surface area contributed by atoms with E-state index >= 15 is 0 Å². The number of sulfone groups is 1. The number of rotatable bonds is 2. The molecule has 1 aromatic rings. The Morgan fingerprint density at radius 3 is 2.69 bits per heavy atom. The molecule has 3 rings (SSSR count). The molecule has 1 saturated carbocycles. The van der Waals surface area contributed by atoms with Crippen LogP contribution in [0.4, 0.5) is 14.9 Å². The first kappa shape index (κ1) is 18.6. The number of nitrogen functional groups attached to an aromatic ring is 1. The Morgan fingerprint density at radius 2 is 2.12 bits per heavy atom. The molecule has 8 nitrogen and oxygen atoms in total. The second-order valence-electron chi connectivity index (χ2n) is 6.92. The van der Waals surface area contributed by atoms with Gasteiger partial charge in [-0.2, -0.15) is 0 Å². The molecule has 1 atom stereocenters. The van der Waals surface area contributed by atoms with Gasteiger partial charge in [0.2, 0.25) is 0 Å². The van der Waals surface area contributed by atoms with E-state index in [9.17, 15) is 17.6 Å². The number of amides is 1. The van der Waals surface area contributed by atoms with Gasteiger partial charge in [-0.3, -0.25) is 10.3 Å². The van der Waals surface area contributed by atoms with Crippen LogP contribution in [0.5, 0.6) is 0 Å². The second kappa shape index (κ2) is 5.92. The summed E-state index contributed by atoms with van der Waals surface area (Å²) in [6.45, 7) is 1.45. The number of nitrogens with one attached hydrogen (secondary N) is 1. The van der Waals surface area contributed by atoms with E-state index in [1.165, 1.54) is 26.2 Å². The third-order valence-corrected chi connectivity index (χ3v) is 7.76. The van der Waals surface area contributed by atoms with Crippen LogP contribution in [0.25, 0.3) is 0 Å². The summed E-state index contributed by atoms with van der Waals surface area (Å²) in [7, 11) is -2.39. The highest BCUT2D eigenvalue weighted by Gasteiger charge is 2.62. The van der Waals surface area contributed by atoms with Crippen LogP contribution >= 0.6 is 0 Å². The summed E-state index contributed by atoms with van der Waals surface area (Å²) in [5, 5.41) is 11.3. The number of carboxylic acid groups (broad SMARTS) is 1. The molecular formula is C16H20FN3O5S. The highest BCUT2D eigenvalue weighted by atomic mass is 32.2. The highest BCUT2D eigenvalue weighted by Crippen LogP contribution is 2.48. The summed E-state index contributed by atoms with van der Waals surface area (Å²) >= 11 is 0. The number of amidine groups is 1. The van der Waals surface area contributed by atoms with Crippen molar-refractivity contribution in [1.29, 1.82) is 0 Å². The molecule has 4 N–H and O–H groups in total. The monoisotopic (exact) mass is 385 g/mol. The van der Waals surface area contributed by atoms with E-state index in [2.05, 4.69) is 10.3 Å². The molecule has 1 aliphatic heterocycles. The van der Waals surface area contributed by atoms with Gasteiger partial charge in [-0.15, -0.1) is 0 Å². The Hall–Kier alpha value is -2.20. The third-order valence-electron chi connectivity index (χ3n) is 5.10. The first-order valence-corrected chi connectivity index (χ1v) is 9.59. The molecule has 1 aromatic carbocycles. The molecular weight excluding hydrogens is 365 g/mol. The summed E-state index contributed by atoms with van der Waals surface area (Å²) in [4.78, 5) is 15.6. The molecule has 0 radical (unpaired) electrons. The van der Waals surface area contributed by atoms with E-state index in [4.69, 9.17) is 15.6 Å². The number of methoxy groups -OCH3 is 1. The maximum Gasteiger partial charge on any atom is 0.410 e. The van der Waals surface area contributed by atoms with Crippen LogP contribution in [0.15, 0.2) is 23.2 Å². The average molecular weight is 385 g/mol. The minimum Gasteiger partial charge on any atom is -0.465 e. The number of carbonyl (C=O) groups is 1. The van der Waals surface area contributed by atoms with Crippen molar-refractivity contribution in [3.8, 4) is 0 Å². The Kier molecular flexibility index (Phi) is 4.23. The second-order valence-corrected chi connectivity index (χ2v) is 9.22. The van der Waals surface area contributed by atoms with Gasteiger partial charge in [0, 0.05) is 31.2 Å². The zero-order valence-corrected chi connectivity index (χ0v) is 15.1. The van der Waals surface area contributed by atoms with Gasteiger partial charge >= 0.3 is 6.09 Å². The number of anilines is 1. The zero-order valence-electron chi connectivity index (χ0n) is 14.3. The SMILES string of the molecule is COC1CC2(C1)C(NC(=O)O)=N[C@](C)(c1cc(N)ccc1F)CS2(=O)=O. The van der Waals surface area contributed by atoms with Crippen molar-refractivity contribution in [3.05, 3.63) is 29.6 Å². The Morgan fingerprint density at radius 1 is 1.46 bits per heavy atom. The number of nitrogens with two attached hydrogens (primary N) is 1. The van der Waals surface area contributed by atoms with Crippen LogP contribution in [0, 0.1) is 5.82 Å². The zero-order chi connectivity index (χ0) is 19.3. The minimum absolute atomic E-state index is 0.00299. The lowest BCUT2D eigenvalue weighted by molar-refractivity contribution is 0.0286.